The van der Waals surface area contributed by atoms with Gasteiger partial charge in [-0.2, -0.15) is 0 Å². The molecule has 3 aromatic rings. The first kappa shape index (κ1) is 18.0. The van der Waals surface area contributed by atoms with Gasteiger partial charge in [0.25, 0.3) is 5.91 Å². The van der Waals surface area contributed by atoms with Crippen LogP contribution < -0.4 is 15.1 Å². The molecule has 1 N–H and O–H groups in total. The Morgan fingerprint density at radius 1 is 1.07 bits per heavy atom. The fourth-order valence-electron chi connectivity index (χ4n) is 3.51. The number of amides is 1. The highest BCUT2D eigenvalue weighted by Gasteiger charge is 2.25. The summed E-state index contributed by atoms with van der Waals surface area (Å²) in [5.41, 5.74) is 0.770. The Bertz CT molecular complexity index is 1070. The van der Waals surface area contributed by atoms with Crippen molar-refractivity contribution in [1.82, 2.24) is 9.88 Å². The van der Waals surface area contributed by atoms with Gasteiger partial charge in [-0.3, -0.25) is 9.59 Å². The zero-order chi connectivity index (χ0) is 19.7. The number of aromatic amines is 1. The van der Waals surface area contributed by atoms with E-state index in [4.69, 9.17) is 4.74 Å². The van der Waals surface area contributed by atoms with E-state index in [9.17, 15) is 14.0 Å². The number of rotatable bonds is 3. The molecule has 0 radical (unpaired) electrons. The van der Waals surface area contributed by atoms with E-state index in [1.54, 1.807) is 12.0 Å². The highest BCUT2D eigenvalue weighted by molar-refractivity contribution is 5.97. The first-order valence-corrected chi connectivity index (χ1v) is 9.06. The van der Waals surface area contributed by atoms with Crippen LogP contribution in [0.3, 0.4) is 0 Å². The number of carbonyl (C=O) groups is 1. The van der Waals surface area contributed by atoms with E-state index in [1.807, 2.05) is 24.3 Å². The average molecular weight is 381 g/mol. The Morgan fingerprint density at radius 3 is 2.46 bits per heavy atom. The van der Waals surface area contributed by atoms with Gasteiger partial charge in [-0.05, 0) is 36.4 Å². The molecule has 28 heavy (non-hydrogen) atoms. The van der Waals surface area contributed by atoms with Crippen molar-refractivity contribution in [2.75, 3.05) is 38.2 Å². The van der Waals surface area contributed by atoms with Gasteiger partial charge in [-0.15, -0.1) is 0 Å². The molecule has 7 heteroatoms. The van der Waals surface area contributed by atoms with E-state index in [1.165, 1.54) is 24.4 Å². The number of aromatic nitrogens is 1. The van der Waals surface area contributed by atoms with Crippen molar-refractivity contribution in [3.63, 3.8) is 0 Å². The summed E-state index contributed by atoms with van der Waals surface area (Å²) in [5, 5.41) is 0.183. The lowest BCUT2D eigenvalue weighted by atomic mass is 10.1. The van der Waals surface area contributed by atoms with Gasteiger partial charge in [0.2, 0.25) is 5.43 Å². The van der Waals surface area contributed by atoms with Crippen LogP contribution >= 0.6 is 0 Å². The number of nitrogens with zero attached hydrogens (tertiary/aromatic N) is 2. The van der Waals surface area contributed by atoms with Crippen molar-refractivity contribution in [1.29, 1.82) is 0 Å². The summed E-state index contributed by atoms with van der Waals surface area (Å²) >= 11 is 0. The lowest BCUT2D eigenvalue weighted by Gasteiger charge is -2.36. The van der Waals surface area contributed by atoms with Gasteiger partial charge in [-0.25, -0.2) is 4.39 Å². The minimum absolute atomic E-state index is 0.0380. The van der Waals surface area contributed by atoms with Gasteiger partial charge in [0.05, 0.1) is 12.6 Å². The lowest BCUT2D eigenvalue weighted by Crippen LogP contribution is -2.49. The molecule has 1 saturated heterocycles. The number of para-hydroxylation sites is 1. The number of carbonyl (C=O) groups excluding carboxylic acids is 1. The van der Waals surface area contributed by atoms with E-state index in [2.05, 4.69) is 9.88 Å². The second kappa shape index (κ2) is 7.34. The predicted molar refractivity (Wildman–Crippen MR) is 106 cm³/mol. The molecule has 1 aliphatic heterocycles. The number of ether oxygens (including phenoxy) is 1. The molecule has 0 atom stereocenters. The fourth-order valence-corrected chi connectivity index (χ4v) is 3.51. The van der Waals surface area contributed by atoms with Crippen LogP contribution in [0, 0.1) is 5.82 Å². The van der Waals surface area contributed by atoms with Crippen molar-refractivity contribution in [3.8, 4) is 5.75 Å². The van der Waals surface area contributed by atoms with Crippen molar-refractivity contribution in [2.24, 2.45) is 0 Å². The van der Waals surface area contributed by atoms with Crippen LogP contribution in [0.1, 0.15) is 10.4 Å². The number of nitrogens with one attached hydrogen (secondary N) is 1. The van der Waals surface area contributed by atoms with E-state index < -0.39 is 11.2 Å². The van der Waals surface area contributed by atoms with Gasteiger partial charge >= 0.3 is 0 Å². The van der Waals surface area contributed by atoms with Gasteiger partial charge in [0.15, 0.2) is 0 Å². The number of piperazine rings is 1. The number of hydrogen-bond donors (Lipinski definition) is 1. The number of fused-ring (bicyclic) bond motifs is 1. The van der Waals surface area contributed by atoms with E-state index in [0.29, 0.717) is 26.2 Å². The number of halogens is 1. The predicted octanol–water partition coefficient (Wildman–Crippen LogP) is 2.64. The summed E-state index contributed by atoms with van der Waals surface area (Å²) < 4.78 is 19.0. The van der Waals surface area contributed by atoms with Crippen molar-refractivity contribution in [3.05, 3.63) is 70.3 Å². The summed E-state index contributed by atoms with van der Waals surface area (Å²) in [5.74, 6) is -0.0481. The number of H-pyrrole nitrogens is 1. The number of pyridine rings is 1. The topological polar surface area (TPSA) is 65.6 Å². The molecule has 1 amide bonds. The van der Waals surface area contributed by atoms with Crippen LogP contribution in [0.5, 0.6) is 5.75 Å². The lowest BCUT2D eigenvalue weighted by molar-refractivity contribution is 0.0745. The molecular weight excluding hydrogens is 361 g/mol. The van der Waals surface area contributed by atoms with Crippen molar-refractivity contribution in [2.45, 2.75) is 0 Å². The van der Waals surface area contributed by atoms with E-state index >= 15 is 0 Å². The second-order valence-electron chi connectivity index (χ2n) is 6.67. The van der Waals surface area contributed by atoms with E-state index in [0.717, 1.165) is 11.4 Å². The fraction of sp³-hybridized carbons (Fsp3) is 0.238. The molecule has 0 spiro atoms. The summed E-state index contributed by atoms with van der Waals surface area (Å²) in [4.78, 5) is 32.1. The minimum Gasteiger partial charge on any atom is -0.497 e. The van der Waals surface area contributed by atoms with Crippen LogP contribution in [0.4, 0.5) is 10.1 Å². The van der Waals surface area contributed by atoms with Crippen LogP contribution in [0.25, 0.3) is 10.9 Å². The number of methoxy groups -OCH3 is 1. The van der Waals surface area contributed by atoms with E-state index in [-0.39, 0.29) is 22.4 Å². The molecule has 0 saturated carbocycles. The quantitative estimate of drug-likeness (QED) is 0.758. The van der Waals surface area contributed by atoms with Crippen LogP contribution in [-0.4, -0.2) is 49.1 Å². The molecule has 0 aliphatic carbocycles. The molecule has 4 rings (SSSR count). The minimum atomic E-state index is -0.512. The average Bonchev–Trinajstić information content (AvgIpc) is 2.74. The van der Waals surface area contributed by atoms with Crippen molar-refractivity contribution >= 4 is 22.5 Å². The first-order valence-electron chi connectivity index (χ1n) is 9.06. The molecule has 2 heterocycles. The molecule has 0 unspecified atom stereocenters. The second-order valence-corrected chi connectivity index (χ2v) is 6.67. The van der Waals surface area contributed by atoms with Gasteiger partial charge in [-0.1, -0.05) is 6.07 Å². The van der Waals surface area contributed by atoms with Crippen LogP contribution in [0.2, 0.25) is 0 Å². The Kier molecular flexibility index (Phi) is 4.73. The van der Waals surface area contributed by atoms with Gasteiger partial charge < -0.3 is 19.5 Å². The smallest absolute Gasteiger partial charge is 0.259 e. The van der Waals surface area contributed by atoms with Gasteiger partial charge in [0, 0.05) is 43.4 Å². The molecule has 6 nitrogen and oxygen atoms in total. The highest BCUT2D eigenvalue weighted by atomic mass is 19.1. The van der Waals surface area contributed by atoms with Gasteiger partial charge in [0.1, 0.15) is 17.1 Å². The zero-order valence-corrected chi connectivity index (χ0v) is 15.4. The normalized spacial score (nSPS) is 14.4. The summed E-state index contributed by atoms with van der Waals surface area (Å²) in [7, 11) is 1.63. The third kappa shape index (κ3) is 3.19. The number of anilines is 1. The standard InChI is InChI=1S/C21H20FN3O3/c1-28-15-7-5-14(6-8-15)24-9-11-25(12-10-24)21(27)17-13-23-19-16(20(17)26)3-2-4-18(19)22/h2-8,13H,9-12H2,1H3,(H,23,26). The molecule has 0 bridgehead atoms. The maximum absolute atomic E-state index is 13.8. The summed E-state index contributed by atoms with van der Waals surface area (Å²) in [6.45, 7) is 2.34. The molecule has 144 valence electrons. The largest absolute Gasteiger partial charge is 0.497 e. The molecule has 1 aliphatic rings. The van der Waals surface area contributed by atoms with Crippen LogP contribution in [0.15, 0.2) is 53.5 Å². The highest BCUT2D eigenvalue weighted by Crippen LogP contribution is 2.21. The van der Waals surface area contributed by atoms with Crippen LogP contribution in [-0.2, 0) is 0 Å². The van der Waals surface area contributed by atoms with Crippen molar-refractivity contribution < 1.29 is 13.9 Å². The SMILES string of the molecule is COc1ccc(N2CCN(C(=O)c3c[nH]c4c(F)cccc4c3=O)CC2)cc1. The number of benzene rings is 2. The molecule has 1 aromatic heterocycles. The zero-order valence-electron chi connectivity index (χ0n) is 15.4. The Hall–Kier alpha value is -3.35. The molecule has 1 fully saturated rings. The molecular formula is C21H20FN3O3. The first-order chi connectivity index (χ1) is 13.6. The summed E-state index contributed by atoms with van der Waals surface area (Å²) in [6, 6.07) is 12.0. The third-order valence-corrected chi connectivity index (χ3v) is 5.10. The molecule has 2 aromatic carbocycles. The number of hydrogen-bond acceptors (Lipinski definition) is 4. The Balaban J connectivity index is 1.50. The Morgan fingerprint density at radius 2 is 1.79 bits per heavy atom. The third-order valence-electron chi connectivity index (χ3n) is 5.10. The summed E-state index contributed by atoms with van der Waals surface area (Å²) in [6.07, 6.45) is 1.31. The maximum atomic E-state index is 13.8. The Labute approximate surface area is 161 Å². The maximum Gasteiger partial charge on any atom is 0.259 e. The monoisotopic (exact) mass is 381 g/mol.